The van der Waals surface area contributed by atoms with Crippen LogP contribution in [0.2, 0.25) is 0 Å². The minimum atomic E-state index is -0.305. The fourth-order valence-corrected chi connectivity index (χ4v) is 1.92. The van der Waals surface area contributed by atoms with Gasteiger partial charge in [-0.05, 0) is 11.6 Å². The summed E-state index contributed by atoms with van der Waals surface area (Å²) in [5.41, 5.74) is 2.05. The number of hydrogen-bond donors (Lipinski definition) is 1. The molecule has 0 saturated carbocycles. The molecule has 2 heteroatoms. The Labute approximate surface area is 90.2 Å². The lowest BCUT2D eigenvalue weighted by Gasteiger charge is -2.20. The average Bonchev–Trinajstić information content (AvgIpc) is 2.58. The van der Waals surface area contributed by atoms with E-state index in [1.54, 1.807) is 0 Å². The predicted molar refractivity (Wildman–Crippen MR) is 62.2 cm³/mol. The van der Waals surface area contributed by atoms with Crippen LogP contribution in [-0.2, 0) is 12.5 Å². The van der Waals surface area contributed by atoms with Gasteiger partial charge in [-0.1, -0.05) is 32.0 Å². The number of benzene rings is 1. The van der Waals surface area contributed by atoms with Gasteiger partial charge in [0.25, 0.3) is 0 Å². The number of aliphatic hydroxyl groups excluding tert-OH is 1. The van der Waals surface area contributed by atoms with E-state index < -0.39 is 0 Å². The van der Waals surface area contributed by atoms with Gasteiger partial charge in [0.2, 0.25) is 0 Å². The van der Waals surface area contributed by atoms with E-state index in [-0.39, 0.29) is 5.41 Å². The van der Waals surface area contributed by atoms with Crippen molar-refractivity contribution in [2.24, 2.45) is 7.05 Å². The number of aromatic nitrogens is 1. The highest BCUT2D eigenvalue weighted by Gasteiger charge is 2.24. The summed E-state index contributed by atoms with van der Waals surface area (Å²) in [6, 6.07) is 8.24. The summed E-state index contributed by atoms with van der Waals surface area (Å²) in [5, 5.41) is 10.5. The zero-order valence-electron chi connectivity index (χ0n) is 9.36. The molecule has 0 amide bonds. The van der Waals surface area contributed by atoms with Gasteiger partial charge in [0.05, 0.1) is 6.61 Å². The van der Waals surface area contributed by atoms with Crippen LogP contribution in [0.25, 0.3) is 10.9 Å². The van der Waals surface area contributed by atoms with Crippen molar-refractivity contribution in [3.63, 3.8) is 0 Å². The molecule has 0 unspecified atom stereocenters. The topological polar surface area (TPSA) is 25.2 Å². The summed E-state index contributed by atoms with van der Waals surface area (Å²) in [6.07, 6.45) is 2.08. The average molecular weight is 202 g/mol. The van der Waals surface area contributed by atoms with Crippen molar-refractivity contribution in [1.29, 1.82) is 0 Å². The molecular weight excluding hydrogens is 186 g/mol. The van der Waals surface area contributed by atoms with Crippen molar-refractivity contribution < 1.29 is 5.11 Å². The molecule has 0 spiro atoms. The molecule has 0 aliphatic heterocycles. The zero-order valence-corrected chi connectivity index (χ0v) is 9.36. The highest BCUT2D eigenvalue weighted by Crippen LogP contribution is 2.32. The van der Waals surface area contributed by atoms with Crippen LogP contribution in [0.4, 0.5) is 0 Å². The number of nitrogens with zero attached hydrogens (tertiary/aromatic N) is 1. The van der Waals surface area contributed by atoms with E-state index in [9.17, 15) is 5.11 Å². The summed E-state index contributed by atoms with van der Waals surface area (Å²) in [6.45, 7) is 5.28. The van der Waals surface area contributed by atoms with E-state index >= 15 is 0 Å². The Bertz CT molecular complexity index is 482. The summed E-state index contributed by atoms with van der Waals surface area (Å²) >= 11 is 0. The third kappa shape index (κ3) is 1.55. The first-order valence-corrected chi connectivity index (χ1v) is 5.09. The normalized spacial score (nSPS) is 12.3. The zero-order chi connectivity index (χ0) is 11.1. The van der Waals surface area contributed by atoms with Gasteiger partial charge in [0, 0.05) is 29.6 Å². The third-order valence-corrected chi connectivity index (χ3v) is 2.91. The molecule has 2 aromatic rings. The quantitative estimate of drug-likeness (QED) is 0.795. The van der Waals surface area contributed by atoms with Crippen LogP contribution in [0.15, 0.2) is 30.5 Å². The smallest absolute Gasteiger partial charge is 0.0899 e. The fourth-order valence-electron chi connectivity index (χ4n) is 1.92. The number of hydrogen-bond acceptors (Lipinski definition) is 1. The first-order chi connectivity index (χ1) is 7.06. The Hall–Kier alpha value is -1.28. The number of rotatable bonds is 2. The minimum Gasteiger partial charge on any atom is -0.389 e. The predicted octanol–water partition coefficient (Wildman–Crippen LogP) is 2.99. The standard InChI is InChI=1S/C13H16NO/c1-13(2,9-15)11-8-14(3)12-7-5-4-6-10(11)12/h4-9,15H,1-3H3. The second-order valence-corrected chi connectivity index (χ2v) is 4.52. The van der Waals surface area contributed by atoms with Crippen molar-refractivity contribution in [3.8, 4) is 0 Å². The molecule has 2 nitrogen and oxygen atoms in total. The van der Waals surface area contributed by atoms with Gasteiger partial charge >= 0.3 is 0 Å². The molecule has 0 aliphatic rings. The highest BCUT2D eigenvalue weighted by molar-refractivity contribution is 5.85. The highest BCUT2D eigenvalue weighted by atomic mass is 16.3. The summed E-state index contributed by atoms with van der Waals surface area (Å²) in [5.74, 6) is 0. The summed E-state index contributed by atoms with van der Waals surface area (Å²) in [4.78, 5) is 0. The van der Waals surface area contributed by atoms with E-state index in [1.165, 1.54) is 17.5 Å². The first-order valence-electron chi connectivity index (χ1n) is 5.09. The van der Waals surface area contributed by atoms with Gasteiger partial charge in [0.1, 0.15) is 0 Å². The molecule has 79 valence electrons. The van der Waals surface area contributed by atoms with Crippen LogP contribution in [0, 0.1) is 6.61 Å². The van der Waals surface area contributed by atoms with Crippen LogP contribution >= 0.6 is 0 Å². The van der Waals surface area contributed by atoms with Crippen LogP contribution in [0.5, 0.6) is 0 Å². The number of aryl methyl sites for hydroxylation is 1. The minimum absolute atomic E-state index is 0.305. The number of fused-ring (bicyclic) bond motifs is 1. The van der Waals surface area contributed by atoms with Gasteiger partial charge in [-0.25, -0.2) is 0 Å². The molecule has 0 aliphatic carbocycles. The van der Waals surface area contributed by atoms with Crippen molar-refractivity contribution in [1.82, 2.24) is 4.57 Å². The van der Waals surface area contributed by atoms with E-state index in [0.717, 1.165) is 5.56 Å². The van der Waals surface area contributed by atoms with Gasteiger partial charge < -0.3 is 9.67 Å². The maximum atomic E-state index is 9.28. The lowest BCUT2D eigenvalue weighted by Crippen LogP contribution is -2.16. The van der Waals surface area contributed by atoms with Gasteiger partial charge in [0.15, 0.2) is 0 Å². The maximum absolute atomic E-state index is 9.28. The Morgan fingerprint density at radius 3 is 2.60 bits per heavy atom. The Morgan fingerprint density at radius 2 is 1.93 bits per heavy atom. The number of para-hydroxylation sites is 1. The van der Waals surface area contributed by atoms with Gasteiger partial charge in [-0.15, -0.1) is 0 Å². The molecule has 1 N–H and O–H groups in total. The molecule has 0 saturated heterocycles. The third-order valence-electron chi connectivity index (χ3n) is 2.91. The Kier molecular flexibility index (Phi) is 2.31. The fraction of sp³-hybridized carbons (Fsp3) is 0.308. The Morgan fingerprint density at radius 1 is 1.27 bits per heavy atom. The van der Waals surface area contributed by atoms with Crippen molar-refractivity contribution >= 4 is 10.9 Å². The lowest BCUT2D eigenvalue weighted by atomic mass is 9.85. The Balaban J connectivity index is 2.72. The van der Waals surface area contributed by atoms with Crippen molar-refractivity contribution in [2.75, 3.05) is 0 Å². The summed E-state index contributed by atoms with van der Waals surface area (Å²) < 4.78 is 2.09. The van der Waals surface area contributed by atoms with Crippen LogP contribution < -0.4 is 0 Å². The van der Waals surface area contributed by atoms with Crippen LogP contribution in [0.3, 0.4) is 0 Å². The van der Waals surface area contributed by atoms with E-state index in [0.29, 0.717) is 0 Å². The monoisotopic (exact) mass is 202 g/mol. The molecular formula is C13H16NO. The molecule has 1 aromatic carbocycles. The van der Waals surface area contributed by atoms with Crippen molar-refractivity contribution in [3.05, 3.63) is 42.6 Å². The molecule has 0 bridgehead atoms. The van der Waals surface area contributed by atoms with E-state index in [4.69, 9.17) is 0 Å². The van der Waals surface area contributed by atoms with E-state index in [1.807, 2.05) is 33.0 Å². The molecule has 0 atom stereocenters. The van der Waals surface area contributed by atoms with Crippen LogP contribution in [0.1, 0.15) is 19.4 Å². The second kappa shape index (κ2) is 3.38. The SMILES string of the molecule is Cn1cc(C(C)(C)[CH]O)c2ccccc21. The molecule has 1 heterocycles. The van der Waals surface area contributed by atoms with Gasteiger partial charge in [-0.3, -0.25) is 0 Å². The largest absolute Gasteiger partial charge is 0.389 e. The molecule has 1 aromatic heterocycles. The van der Waals surface area contributed by atoms with Crippen molar-refractivity contribution in [2.45, 2.75) is 19.3 Å². The number of aliphatic hydroxyl groups is 1. The van der Waals surface area contributed by atoms with E-state index in [2.05, 4.69) is 22.9 Å². The summed E-state index contributed by atoms with van der Waals surface area (Å²) in [7, 11) is 2.03. The first kappa shape index (κ1) is 10.2. The second-order valence-electron chi connectivity index (χ2n) is 4.52. The molecule has 0 fully saturated rings. The molecule has 2 rings (SSSR count). The molecule has 15 heavy (non-hydrogen) atoms. The van der Waals surface area contributed by atoms with Gasteiger partial charge in [-0.2, -0.15) is 0 Å². The maximum Gasteiger partial charge on any atom is 0.0899 e. The molecule has 1 radical (unpaired) electrons. The van der Waals surface area contributed by atoms with Crippen LogP contribution in [-0.4, -0.2) is 9.67 Å². The lowest BCUT2D eigenvalue weighted by molar-refractivity contribution is 0.307.